The molecule has 0 bridgehead atoms. The fourth-order valence-corrected chi connectivity index (χ4v) is 4.76. The van der Waals surface area contributed by atoms with Crippen molar-refractivity contribution in [2.75, 3.05) is 12.0 Å². The van der Waals surface area contributed by atoms with Gasteiger partial charge in [0.2, 0.25) is 10.9 Å². The van der Waals surface area contributed by atoms with Gasteiger partial charge in [0.1, 0.15) is 10.6 Å². The van der Waals surface area contributed by atoms with Gasteiger partial charge in [-0.15, -0.1) is 10.2 Å². The number of aromatic nitrogens is 2. The number of hydrogen-bond donors (Lipinski definition) is 0. The maximum atomic E-state index is 13.7. The number of nitrogens with zero attached hydrogens (tertiary/aromatic N) is 3. The first-order valence-electron chi connectivity index (χ1n) is 10.2. The predicted octanol–water partition coefficient (Wildman–Crippen LogP) is 4.11. The van der Waals surface area contributed by atoms with Crippen molar-refractivity contribution >= 4 is 39.3 Å². The van der Waals surface area contributed by atoms with Gasteiger partial charge in [-0.2, -0.15) is 0 Å². The summed E-state index contributed by atoms with van der Waals surface area (Å²) < 4.78 is 10.8. The number of benzene rings is 2. The molecule has 2 aromatic carbocycles. The van der Waals surface area contributed by atoms with E-state index in [-0.39, 0.29) is 16.8 Å². The molecule has 0 radical (unpaired) electrons. The van der Waals surface area contributed by atoms with Gasteiger partial charge in [0.25, 0.3) is 5.91 Å². The van der Waals surface area contributed by atoms with Gasteiger partial charge in [-0.3, -0.25) is 14.5 Å². The van der Waals surface area contributed by atoms with Gasteiger partial charge < -0.3 is 9.15 Å². The molecule has 5 rings (SSSR count). The number of hydrogen-bond acceptors (Lipinski definition) is 8. The number of ether oxygens (including phenoxy) is 1. The Balaban J connectivity index is 1.77. The zero-order chi connectivity index (χ0) is 23.4. The lowest BCUT2D eigenvalue weighted by Gasteiger charge is -2.22. The largest absolute Gasteiger partial charge is 0.465 e. The van der Waals surface area contributed by atoms with Crippen LogP contribution in [0.15, 0.2) is 45.6 Å². The summed E-state index contributed by atoms with van der Waals surface area (Å²) in [4.78, 5) is 40.5. The number of rotatable bonds is 3. The third-order valence-corrected chi connectivity index (χ3v) is 6.69. The van der Waals surface area contributed by atoms with Crippen molar-refractivity contribution in [3.8, 4) is 0 Å². The fraction of sp³-hybridized carbons (Fsp3) is 0.208. The highest BCUT2D eigenvalue weighted by Gasteiger charge is 2.45. The van der Waals surface area contributed by atoms with Crippen LogP contribution < -0.4 is 10.3 Å². The molecule has 1 aliphatic heterocycles. The highest BCUT2D eigenvalue weighted by atomic mass is 32.1. The van der Waals surface area contributed by atoms with Crippen molar-refractivity contribution < 1.29 is 18.7 Å². The van der Waals surface area contributed by atoms with E-state index in [0.717, 1.165) is 11.1 Å². The van der Waals surface area contributed by atoms with Crippen molar-refractivity contribution in [3.63, 3.8) is 0 Å². The molecule has 33 heavy (non-hydrogen) atoms. The van der Waals surface area contributed by atoms with Crippen molar-refractivity contribution in [2.24, 2.45) is 0 Å². The van der Waals surface area contributed by atoms with Crippen LogP contribution in [0.5, 0.6) is 0 Å². The molecule has 2 aromatic heterocycles. The van der Waals surface area contributed by atoms with E-state index in [2.05, 4.69) is 10.2 Å². The molecule has 3 heterocycles. The lowest BCUT2D eigenvalue weighted by Crippen LogP contribution is -2.29. The summed E-state index contributed by atoms with van der Waals surface area (Å²) in [6.45, 7) is 5.63. The molecule has 0 N–H and O–H groups in total. The van der Waals surface area contributed by atoms with Crippen LogP contribution in [-0.2, 0) is 4.74 Å². The van der Waals surface area contributed by atoms with Crippen LogP contribution in [-0.4, -0.2) is 29.2 Å². The second-order valence-corrected chi connectivity index (χ2v) is 9.06. The summed E-state index contributed by atoms with van der Waals surface area (Å²) in [6.07, 6.45) is 0. The Labute approximate surface area is 192 Å². The fourth-order valence-electron chi connectivity index (χ4n) is 4.04. The lowest BCUT2D eigenvalue weighted by molar-refractivity contribution is 0.0600. The Morgan fingerprint density at radius 2 is 1.76 bits per heavy atom. The van der Waals surface area contributed by atoms with Gasteiger partial charge in [-0.25, -0.2) is 4.79 Å². The van der Waals surface area contributed by atoms with Crippen LogP contribution in [0.25, 0.3) is 11.0 Å². The zero-order valence-electron chi connectivity index (χ0n) is 18.3. The topological polar surface area (TPSA) is 103 Å². The summed E-state index contributed by atoms with van der Waals surface area (Å²) in [5.74, 6) is -0.941. The molecule has 166 valence electrons. The van der Waals surface area contributed by atoms with E-state index in [1.165, 1.54) is 23.3 Å². The summed E-state index contributed by atoms with van der Waals surface area (Å²) in [5.41, 5.74) is 3.25. The van der Waals surface area contributed by atoms with Gasteiger partial charge in [-0.1, -0.05) is 23.5 Å². The van der Waals surface area contributed by atoms with E-state index in [0.29, 0.717) is 32.2 Å². The van der Waals surface area contributed by atoms with Gasteiger partial charge >= 0.3 is 5.97 Å². The molecule has 4 aromatic rings. The number of fused-ring (bicyclic) bond motifs is 2. The maximum absolute atomic E-state index is 13.7. The SMILES string of the molecule is COC(=O)c1ccc(C2c3c(oc4cc(C)c(C)cc4c3=O)C(=O)N2c2nnc(C)s2)cc1. The summed E-state index contributed by atoms with van der Waals surface area (Å²) in [7, 11) is 1.31. The molecule has 8 nitrogen and oxygen atoms in total. The molecular weight excluding hydrogens is 442 g/mol. The van der Waals surface area contributed by atoms with Gasteiger partial charge in [0.05, 0.1) is 29.7 Å². The second-order valence-electron chi connectivity index (χ2n) is 7.90. The summed E-state index contributed by atoms with van der Waals surface area (Å²) in [6, 6.07) is 9.39. The first kappa shape index (κ1) is 21.0. The summed E-state index contributed by atoms with van der Waals surface area (Å²) in [5, 5.41) is 9.65. The van der Waals surface area contributed by atoms with E-state index in [4.69, 9.17) is 9.15 Å². The highest BCUT2D eigenvalue weighted by molar-refractivity contribution is 7.15. The number of anilines is 1. The Kier molecular flexibility index (Phi) is 4.86. The van der Waals surface area contributed by atoms with Crippen LogP contribution in [0.2, 0.25) is 0 Å². The molecule has 1 amide bonds. The van der Waals surface area contributed by atoms with Crippen molar-refractivity contribution in [1.82, 2.24) is 10.2 Å². The zero-order valence-corrected chi connectivity index (χ0v) is 19.1. The molecular formula is C24H19N3O5S. The molecule has 0 saturated heterocycles. The van der Waals surface area contributed by atoms with Crippen molar-refractivity contribution in [2.45, 2.75) is 26.8 Å². The monoisotopic (exact) mass is 461 g/mol. The first-order chi connectivity index (χ1) is 15.8. The molecule has 0 fully saturated rings. The quantitative estimate of drug-likeness (QED) is 0.423. The minimum atomic E-state index is -0.770. The summed E-state index contributed by atoms with van der Waals surface area (Å²) >= 11 is 1.25. The van der Waals surface area contributed by atoms with Crippen LogP contribution in [0.1, 0.15) is 54.2 Å². The minimum absolute atomic E-state index is 0.00866. The van der Waals surface area contributed by atoms with E-state index < -0.39 is 17.9 Å². The van der Waals surface area contributed by atoms with Crippen molar-refractivity contribution in [3.05, 3.63) is 85.2 Å². The van der Waals surface area contributed by atoms with Gasteiger partial charge in [0.15, 0.2) is 5.43 Å². The molecule has 0 saturated carbocycles. The van der Waals surface area contributed by atoms with Gasteiger partial charge in [-0.05, 0) is 61.7 Å². The smallest absolute Gasteiger partial charge is 0.337 e. The predicted molar refractivity (Wildman–Crippen MR) is 123 cm³/mol. The maximum Gasteiger partial charge on any atom is 0.337 e. The van der Waals surface area contributed by atoms with Crippen LogP contribution in [0.4, 0.5) is 5.13 Å². The Morgan fingerprint density at radius 3 is 2.39 bits per heavy atom. The molecule has 9 heteroatoms. The van der Waals surface area contributed by atoms with Gasteiger partial charge in [0, 0.05) is 0 Å². The number of carbonyl (C=O) groups is 2. The number of esters is 1. The number of carbonyl (C=O) groups excluding carboxylic acids is 2. The average molecular weight is 461 g/mol. The van der Waals surface area contributed by atoms with Crippen molar-refractivity contribution in [1.29, 1.82) is 0 Å². The minimum Gasteiger partial charge on any atom is -0.465 e. The van der Waals surface area contributed by atoms with Crippen LogP contribution >= 0.6 is 11.3 Å². The normalized spacial score (nSPS) is 15.2. The molecule has 1 unspecified atom stereocenters. The second kappa shape index (κ2) is 7.63. The van der Waals surface area contributed by atoms with Crippen LogP contribution in [0.3, 0.4) is 0 Å². The third-order valence-electron chi connectivity index (χ3n) is 5.86. The third kappa shape index (κ3) is 3.23. The molecule has 0 spiro atoms. The highest BCUT2D eigenvalue weighted by Crippen LogP contribution is 2.42. The van der Waals surface area contributed by atoms with E-state index >= 15 is 0 Å². The Morgan fingerprint density at radius 1 is 1.06 bits per heavy atom. The van der Waals surface area contributed by atoms with Crippen LogP contribution in [0, 0.1) is 20.8 Å². The number of amides is 1. The lowest BCUT2D eigenvalue weighted by atomic mass is 9.97. The molecule has 0 aliphatic carbocycles. The van der Waals surface area contributed by atoms with E-state index in [9.17, 15) is 14.4 Å². The number of aryl methyl sites for hydroxylation is 3. The van der Waals surface area contributed by atoms with E-state index in [1.54, 1.807) is 43.3 Å². The average Bonchev–Trinajstić information content (AvgIpc) is 3.36. The molecule has 1 aliphatic rings. The standard InChI is InChI=1S/C24H19N3O5S/c1-11-9-16-17(10-12(11)2)32-21-18(20(16)28)19(14-5-7-15(8-6-14)23(30)31-4)27(22(21)29)24-26-25-13(3)33-24/h5-10,19H,1-4H3. The number of methoxy groups -OCH3 is 1. The Hall–Kier alpha value is -3.85. The molecule has 1 atom stereocenters. The first-order valence-corrected chi connectivity index (χ1v) is 11.0. The Bertz CT molecular complexity index is 1500. The van der Waals surface area contributed by atoms with E-state index in [1.807, 2.05) is 13.8 Å².